The van der Waals surface area contributed by atoms with Gasteiger partial charge in [-0.3, -0.25) is 52.3 Å². The average molecular weight is 1980 g/mol. The van der Waals surface area contributed by atoms with Gasteiger partial charge in [-0.15, -0.1) is 0 Å². The minimum Gasteiger partial charge on any atom is -0.507 e. The molecule has 135 heavy (non-hydrogen) atoms. The van der Waals surface area contributed by atoms with Crippen LogP contribution in [0.2, 0.25) is 10.0 Å². The Bertz CT molecular complexity index is 5270. The van der Waals surface area contributed by atoms with Crippen LogP contribution in [0.25, 0.3) is 11.1 Å². The van der Waals surface area contributed by atoms with Gasteiger partial charge in [0.2, 0.25) is 70.7 Å². The van der Waals surface area contributed by atoms with Crippen molar-refractivity contribution in [2.45, 2.75) is 239 Å². The highest BCUT2D eigenvalue weighted by atomic mass is 35.5. The lowest BCUT2D eigenvalue weighted by Gasteiger charge is -2.48. The predicted octanol–water partition coefficient (Wildman–Crippen LogP) is 1.53. The van der Waals surface area contributed by atoms with Crippen LogP contribution in [0.4, 0.5) is 0 Å². The van der Waals surface area contributed by atoms with E-state index < -0.39 is 317 Å². The molecule has 2 fully saturated rings. The molecule has 7 aliphatic rings. The lowest BCUT2D eigenvalue weighted by molar-refractivity contribution is -0.334. The number of primary amides is 1. The highest BCUT2D eigenvalue weighted by Gasteiger charge is 2.53. The fourth-order valence-corrected chi connectivity index (χ4v) is 18.9. The Morgan fingerprint density at radius 1 is 0.689 bits per heavy atom. The Labute approximate surface area is 783 Å². The number of phenolic OH excluding ortho intramolecular Hbond substituents is 3. The second kappa shape index (κ2) is 46.7. The van der Waals surface area contributed by atoms with Gasteiger partial charge in [-0.05, 0) is 116 Å². The Morgan fingerprint density at radius 2 is 1.29 bits per heavy atom. The van der Waals surface area contributed by atoms with E-state index in [1.165, 1.54) is 24.6 Å². The SMILES string of the molecule is CCCCCCCCCCNCCNC1(C)CC(OC2C(Oc3c4cc5cc3Oc3ccc(cc3Cl)[C@H](O)C(NC(=O)C(CC(C)C)N(C)C(=O)CCC(=O)NC(P(=O)(O)O)P(=O)(O)O)C(=O)NC(CC(N)=O)C(=O)NC5C(=O)NC3C(=O)NC(C(=O)N[C@@H](C(=O)O)c5cc(O)c(CNCC=O)c(O)c5-c5cc3ccc5O)[C@H](O)c3ccc(c(Cl)c3)O4)OC(CO)C(O)C2O)OC(C)C1O. The molecule has 0 saturated carbocycles. The zero-order chi connectivity index (χ0) is 99.2. The van der Waals surface area contributed by atoms with Crippen LogP contribution < -0.4 is 73.1 Å². The zero-order valence-electron chi connectivity index (χ0n) is 74.1. The molecular formula is C86H114Cl2N12O33P2. The number of carboxylic acid groups (broad SMARTS) is 1. The molecule has 740 valence electrons. The highest BCUT2D eigenvalue weighted by Crippen LogP contribution is 2.59. The van der Waals surface area contributed by atoms with E-state index in [1.54, 1.807) is 27.7 Å². The molecule has 15 unspecified atom stereocenters. The fourth-order valence-electron chi connectivity index (χ4n) is 16.3. The molecule has 5 aromatic rings. The standard InChI is InChI=1S/C86H114Cl2N12O33P2/c1-7-8-9-10-11-12-13-14-23-90-24-25-92-86(5)36-62(128-40(4)76(86)113)132-75-73(112)72(111)58(38-102)131-84(75)133-74-56-32-44-33-57(74)130-55-20-17-43(31-49(55)88)70(109)68-82(119)97-66(83(120)121)46-34-53(104)47(37-91-26-27-101)71(110)63(46)45-29-41(15-18-52(45)103)64(79(116)99-68)96-80(117)65(44)95-77(114)50(35-59(89)105)93-81(118)67(69(108)42-16-19-54(129-56)48(87)30-42)98-78(115)51(28-39(2)3)100(6)61(107)22-21-60(106)94-85(134(122,123)124)135(125,126)127/h15-20,27,29-34,39-40,50-51,58,62,64-70,72-73,75-76,84-85,90-92,102-104,108-113H,7-14,21-26,28,35-38H2,1-6H3,(H2,89,105)(H,93,118)(H,94,106)(H,95,114)(H,96,117)(H,97,119)(H,98,115)(H,99,116)(H,120,121)(H2,122,123,124)(H2,125,126,127)/t40?,50?,51?,58?,62?,64?,65?,66-,67?,68?,69+,70-,72?,73?,75?,76?,84?,86?/m1/s1. The predicted molar refractivity (Wildman–Crippen MR) is 475 cm³/mol. The number of carbonyl (C=O) groups excluding carboxylic acids is 10. The first kappa shape index (κ1) is 107. The molecule has 7 aliphatic heterocycles. The summed E-state index contributed by atoms with van der Waals surface area (Å²) >= 11 is 14.4. The van der Waals surface area contributed by atoms with E-state index in [9.17, 15) is 104 Å². The van der Waals surface area contributed by atoms with Crippen molar-refractivity contribution in [3.8, 4) is 57.1 Å². The third kappa shape index (κ3) is 26.5. The number of nitrogens with zero attached hydrogens (tertiary/aromatic N) is 1. The van der Waals surface area contributed by atoms with Gasteiger partial charge in [0.15, 0.2) is 29.9 Å². The van der Waals surface area contributed by atoms with Crippen molar-refractivity contribution in [2.24, 2.45) is 11.7 Å². The second-order valence-corrected chi connectivity index (χ2v) is 38.7. The lowest BCUT2D eigenvalue weighted by atomic mass is 9.85. The number of hydrogen-bond donors (Lipinski definition) is 25. The number of ether oxygens (including phenoxy) is 6. The van der Waals surface area contributed by atoms with Gasteiger partial charge in [0.05, 0.1) is 47.4 Å². The Morgan fingerprint density at radius 3 is 1.88 bits per heavy atom. The van der Waals surface area contributed by atoms with Gasteiger partial charge in [0.1, 0.15) is 102 Å². The van der Waals surface area contributed by atoms with Crippen molar-refractivity contribution in [3.05, 3.63) is 116 Å². The first-order valence-electron chi connectivity index (χ1n) is 43.5. The monoisotopic (exact) mass is 1970 g/mol. The number of phenols is 3. The van der Waals surface area contributed by atoms with Crippen LogP contribution in [-0.2, 0) is 82.6 Å². The van der Waals surface area contributed by atoms with E-state index in [1.807, 2.05) is 0 Å². The maximum atomic E-state index is 16.5. The molecule has 9 amide bonds. The van der Waals surface area contributed by atoms with E-state index in [4.69, 9.17) is 57.4 Å². The number of benzene rings is 5. The minimum atomic E-state index is -5.73. The van der Waals surface area contributed by atoms with Crippen LogP contribution in [0.5, 0.6) is 46.0 Å². The highest BCUT2D eigenvalue weighted by molar-refractivity contribution is 7.70. The number of aromatic hydroxyl groups is 3. The van der Waals surface area contributed by atoms with E-state index in [0.717, 1.165) is 123 Å². The molecule has 11 bridgehead atoms. The lowest BCUT2D eigenvalue weighted by Crippen LogP contribution is -2.65. The topological polar surface area (TPSA) is 710 Å². The summed E-state index contributed by atoms with van der Waals surface area (Å²) in [4.78, 5) is 199. The smallest absolute Gasteiger partial charge is 0.360 e. The summed E-state index contributed by atoms with van der Waals surface area (Å²) in [7, 11) is -10.4. The third-order valence-electron chi connectivity index (χ3n) is 23.6. The number of fused-ring (bicyclic) bond motifs is 15. The molecule has 0 aromatic heterocycles. The van der Waals surface area contributed by atoms with Crippen molar-refractivity contribution in [1.82, 2.24) is 58.1 Å². The van der Waals surface area contributed by atoms with Crippen LogP contribution in [0, 0.1) is 5.92 Å². The van der Waals surface area contributed by atoms with Gasteiger partial charge >= 0.3 is 21.2 Å². The number of aliphatic hydroxyl groups excluding tert-OH is 6. The minimum absolute atomic E-state index is 0.178. The number of aliphatic carboxylic acids is 1. The molecule has 0 spiro atoms. The molecule has 45 nitrogen and oxygen atoms in total. The summed E-state index contributed by atoms with van der Waals surface area (Å²) < 4.78 is 63.5. The summed E-state index contributed by atoms with van der Waals surface area (Å²) in [6.07, 6.45) is -12.7. The Hall–Kier alpha value is -10.3. The van der Waals surface area contributed by atoms with Crippen LogP contribution >= 0.6 is 38.4 Å². The number of amides is 9. The molecule has 5 aromatic carbocycles. The van der Waals surface area contributed by atoms with Crippen molar-refractivity contribution in [3.63, 3.8) is 0 Å². The van der Waals surface area contributed by atoms with Crippen molar-refractivity contribution >= 4 is 104 Å². The van der Waals surface area contributed by atoms with Gasteiger partial charge in [-0.2, -0.15) is 0 Å². The Kier molecular flexibility index (Phi) is 36.9. The van der Waals surface area contributed by atoms with Crippen molar-refractivity contribution in [2.75, 3.05) is 39.8 Å². The summed E-state index contributed by atoms with van der Waals surface area (Å²) in [5.74, 6) is -21.2. The summed E-state index contributed by atoms with van der Waals surface area (Å²) in [5, 5.41) is 143. The maximum Gasteiger partial charge on any atom is 0.360 e. The van der Waals surface area contributed by atoms with Crippen LogP contribution in [0.15, 0.2) is 72.8 Å². The van der Waals surface area contributed by atoms with Gasteiger partial charge in [-0.1, -0.05) is 107 Å². The number of likely N-dealkylation sites (N-methyl/N-ethyl adjacent to an activating group) is 1. The average Bonchev–Trinajstić information content (AvgIpc) is 0.752. The molecule has 49 heteroatoms. The number of hydrogen-bond acceptors (Lipinski definition) is 31. The van der Waals surface area contributed by atoms with E-state index >= 15 is 28.8 Å². The van der Waals surface area contributed by atoms with Gasteiger partial charge in [0.25, 0.3) is 0 Å². The number of unbranched alkanes of at least 4 members (excludes halogenated alkanes) is 7. The maximum absolute atomic E-state index is 16.5. The van der Waals surface area contributed by atoms with Gasteiger partial charge < -0.3 is 168 Å². The molecule has 0 aliphatic carbocycles. The molecule has 0 radical (unpaired) electrons. The number of nitrogens with one attached hydrogen (secondary N) is 10. The quantitative estimate of drug-likeness (QED) is 0.0154. The Balaban J connectivity index is 1.15. The van der Waals surface area contributed by atoms with Gasteiger partial charge in [-0.25, -0.2) is 4.79 Å². The van der Waals surface area contributed by atoms with Gasteiger partial charge in [0, 0.05) is 68.2 Å². The fraction of sp³-hybridized carbons (Fsp3) is 0.523. The van der Waals surface area contributed by atoms with E-state index in [2.05, 4.69) is 54.8 Å². The molecule has 18 atom stereocenters. The number of carbonyl (C=O) groups is 11. The van der Waals surface area contributed by atoms with E-state index in [0.29, 0.717) is 19.4 Å². The third-order valence-corrected chi connectivity index (χ3v) is 27.5. The largest absolute Gasteiger partial charge is 0.507 e. The number of halogens is 2. The molecular weight excluding hydrogens is 1860 g/mol. The summed E-state index contributed by atoms with van der Waals surface area (Å²) in [6.45, 7) is 8.14. The molecule has 7 heterocycles. The number of carboxylic acids is 1. The number of aliphatic hydroxyl groups is 6. The summed E-state index contributed by atoms with van der Waals surface area (Å²) in [6, 6.07) is -4.31. The van der Waals surface area contributed by atoms with Crippen molar-refractivity contribution < 1.29 is 161 Å². The molecule has 26 N–H and O–H groups in total. The van der Waals surface area contributed by atoms with Crippen LogP contribution in [0.1, 0.15) is 182 Å². The summed E-state index contributed by atoms with van der Waals surface area (Å²) in [5.41, 5.74) is -2.56. The number of nitrogens with two attached hydrogens (primary N) is 1. The molecule has 12 rings (SSSR count). The first-order chi connectivity index (χ1) is 63.7. The number of aldehydes is 1. The van der Waals surface area contributed by atoms with E-state index in [-0.39, 0.29) is 30.5 Å². The first-order valence-corrected chi connectivity index (χ1v) is 47.6. The second-order valence-electron chi connectivity index (χ2n) is 34.1. The van der Waals surface area contributed by atoms with Crippen LogP contribution in [-0.4, -0.2) is 265 Å². The zero-order valence-corrected chi connectivity index (χ0v) is 77.4. The molecule has 2 saturated heterocycles. The normalized spacial score (nSPS) is 25.2. The van der Waals surface area contributed by atoms with Crippen LogP contribution in [0.3, 0.4) is 0 Å². The number of rotatable bonds is 36. The van der Waals surface area contributed by atoms with Crippen molar-refractivity contribution in [1.29, 1.82) is 0 Å².